The molecule has 0 spiro atoms. The summed E-state index contributed by atoms with van der Waals surface area (Å²) in [7, 11) is 1.62. The molecular formula is C19H21N3O4S. The third-order valence-corrected chi connectivity index (χ3v) is 4.77. The fourth-order valence-electron chi connectivity index (χ4n) is 2.91. The van der Waals surface area contributed by atoms with Gasteiger partial charge in [0.05, 0.1) is 25.8 Å². The van der Waals surface area contributed by atoms with Gasteiger partial charge in [-0.1, -0.05) is 0 Å². The summed E-state index contributed by atoms with van der Waals surface area (Å²) in [5, 5.41) is 3.19. The summed E-state index contributed by atoms with van der Waals surface area (Å²) in [5.74, 6) is 0.948. The highest BCUT2D eigenvalue weighted by Gasteiger charge is 2.41. The highest BCUT2D eigenvalue weighted by molar-refractivity contribution is 7.80. The third-order valence-electron chi connectivity index (χ3n) is 4.26. The van der Waals surface area contributed by atoms with E-state index in [0.29, 0.717) is 29.7 Å². The summed E-state index contributed by atoms with van der Waals surface area (Å²) in [6.07, 6.45) is 1.56. The topological polar surface area (TPSA) is 75.0 Å². The number of carbonyl (C=O) groups is 2. The summed E-state index contributed by atoms with van der Waals surface area (Å²) in [6.45, 7) is 2.82. The smallest absolute Gasteiger partial charge is 0.251 e. The Kier molecular flexibility index (Phi) is 5.75. The molecular weight excluding hydrogens is 366 g/mol. The Labute approximate surface area is 162 Å². The molecule has 0 unspecified atom stereocenters. The van der Waals surface area contributed by atoms with E-state index in [1.807, 2.05) is 13.0 Å². The molecule has 142 valence electrons. The van der Waals surface area contributed by atoms with Crippen molar-refractivity contribution in [3.63, 3.8) is 0 Å². The van der Waals surface area contributed by atoms with Crippen LogP contribution in [-0.4, -0.2) is 46.4 Å². The molecule has 1 N–H and O–H groups in total. The molecule has 8 heteroatoms. The van der Waals surface area contributed by atoms with Crippen molar-refractivity contribution in [3.05, 3.63) is 48.4 Å². The fraction of sp³-hybridized carbons (Fsp3) is 0.316. The second kappa shape index (κ2) is 8.22. The lowest BCUT2D eigenvalue weighted by Gasteiger charge is -2.22. The molecule has 3 rings (SSSR count). The molecule has 1 aliphatic heterocycles. The maximum absolute atomic E-state index is 12.5. The predicted molar refractivity (Wildman–Crippen MR) is 104 cm³/mol. The number of benzene rings is 1. The van der Waals surface area contributed by atoms with Crippen molar-refractivity contribution in [2.45, 2.75) is 25.9 Å². The minimum Gasteiger partial charge on any atom is -0.494 e. The Bertz CT molecular complexity index is 820. The second-order valence-electron chi connectivity index (χ2n) is 6.11. The van der Waals surface area contributed by atoms with Gasteiger partial charge in [-0.15, -0.1) is 0 Å². The lowest BCUT2D eigenvalue weighted by molar-refractivity contribution is -0.130. The summed E-state index contributed by atoms with van der Waals surface area (Å²) in [5.41, 5.74) is 0.641. The quantitative estimate of drug-likeness (QED) is 0.736. The Morgan fingerprint density at radius 1 is 1.30 bits per heavy atom. The van der Waals surface area contributed by atoms with E-state index in [1.54, 1.807) is 48.5 Å². The number of furan rings is 1. The number of amides is 2. The van der Waals surface area contributed by atoms with Crippen LogP contribution in [-0.2, 0) is 16.1 Å². The average Bonchev–Trinajstić information content (AvgIpc) is 3.23. The average molecular weight is 387 g/mol. The van der Waals surface area contributed by atoms with E-state index in [1.165, 1.54) is 4.90 Å². The van der Waals surface area contributed by atoms with Crippen molar-refractivity contribution in [2.24, 2.45) is 0 Å². The number of nitrogens with zero attached hydrogens (tertiary/aromatic N) is 2. The molecule has 1 atom stereocenters. The molecule has 7 nitrogen and oxygen atoms in total. The molecule has 0 saturated carbocycles. The first kappa shape index (κ1) is 18.9. The Balaban J connectivity index is 1.66. The van der Waals surface area contributed by atoms with Crippen LogP contribution >= 0.6 is 12.2 Å². The molecule has 1 aliphatic rings. The Morgan fingerprint density at radius 3 is 2.67 bits per heavy atom. The predicted octanol–water partition coefficient (Wildman–Crippen LogP) is 2.63. The minimum absolute atomic E-state index is 0.00274. The van der Waals surface area contributed by atoms with Crippen molar-refractivity contribution in [2.75, 3.05) is 19.0 Å². The monoisotopic (exact) mass is 387 g/mol. The third kappa shape index (κ3) is 4.28. The van der Waals surface area contributed by atoms with E-state index in [9.17, 15) is 9.59 Å². The van der Waals surface area contributed by atoms with Gasteiger partial charge in [0.1, 0.15) is 17.6 Å². The van der Waals surface area contributed by atoms with Crippen LogP contribution in [0.2, 0.25) is 0 Å². The van der Waals surface area contributed by atoms with Crippen LogP contribution in [0.3, 0.4) is 0 Å². The molecule has 2 amide bonds. The standard InChI is InChI=1S/C19H21N3O4S/c1-3-25-14-8-6-13(7-9-14)20-17(23)11-16-18(24)21(2)19(27)22(16)12-15-5-4-10-26-15/h4-10,16H,3,11-12H2,1-2H3,(H,20,23)/t16-/m0/s1. The number of likely N-dealkylation sites (N-methyl/N-ethyl adjacent to an activating group) is 1. The normalized spacial score (nSPS) is 16.7. The second-order valence-corrected chi connectivity index (χ2v) is 6.48. The fourth-order valence-corrected chi connectivity index (χ4v) is 3.19. The summed E-state index contributed by atoms with van der Waals surface area (Å²) >= 11 is 5.36. The number of ether oxygens (including phenoxy) is 1. The Hall–Kier alpha value is -2.87. The number of anilines is 1. The molecule has 0 aliphatic carbocycles. The van der Waals surface area contributed by atoms with Gasteiger partial charge < -0.3 is 19.4 Å². The number of carbonyl (C=O) groups excluding carboxylic acids is 2. The van der Waals surface area contributed by atoms with Gasteiger partial charge in [0.2, 0.25) is 5.91 Å². The van der Waals surface area contributed by atoms with Gasteiger partial charge in [0.25, 0.3) is 5.91 Å². The molecule has 1 saturated heterocycles. The summed E-state index contributed by atoms with van der Waals surface area (Å²) in [4.78, 5) is 28.1. The molecule has 1 aromatic carbocycles. The maximum atomic E-state index is 12.5. The molecule has 2 aromatic rings. The number of nitrogens with one attached hydrogen (secondary N) is 1. The molecule has 0 bridgehead atoms. The largest absolute Gasteiger partial charge is 0.494 e. The first-order valence-corrected chi connectivity index (χ1v) is 9.03. The lowest BCUT2D eigenvalue weighted by Crippen LogP contribution is -2.37. The maximum Gasteiger partial charge on any atom is 0.251 e. The van der Waals surface area contributed by atoms with Crippen LogP contribution in [0.25, 0.3) is 0 Å². The van der Waals surface area contributed by atoms with Crippen LogP contribution in [0.5, 0.6) is 5.75 Å². The van der Waals surface area contributed by atoms with E-state index in [-0.39, 0.29) is 18.2 Å². The van der Waals surface area contributed by atoms with Crippen LogP contribution in [0.1, 0.15) is 19.1 Å². The van der Waals surface area contributed by atoms with Crippen molar-refractivity contribution in [1.82, 2.24) is 9.80 Å². The number of rotatable bonds is 7. The SMILES string of the molecule is CCOc1ccc(NC(=O)C[C@H]2C(=O)N(C)C(=S)N2Cc2ccco2)cc1. The van der Waals surface area contributed by atoms with Crippen molar-refractivity contribution in [3.8, 4) is 5.75 Å². The lowest BCUT2D eigenvalue weighted by atomic mass is 10.1. The zero-order valence-electron chi connectivity index (χ0n) is 15.2. The van der Waals surface area contributed by atoms with Gasteiger partial charge in [0.15, 0.2) is 5.11 Å². The van der Waals surface area contributed by atoms with Gasteiger partial charge >= 0.3 is 0 Å². The van der Waals surface area contributed by atoms with Gasteiger partial charge in [0, 0.05) is 12.7 Å². The number of thiocarbonyl (C=S) groups is 1. The van der Waals surface area contributed by atoms with E-state index in [4.69, 9.17) is 21.4 Å². The zero-order chi connectivity index (χ0) is 19.4. The molecule has 27 heavy (non-hydrogen) atoms. The van der Waals surface area contributed by atoms with Crippen LogP contribution < -0.4 is 10.1 Å². The highest BCUT2D eigenvalue weighted by atomic mass is 32.1. The summed E-state index contributed by atoms with van der Waals surface area (Å²) < 4.78 is 10.7. The zero-order valence-corrected chi connectivity index (χ0v) is 16.0. The van der Waals surface area contributed by atoms with E-state index in [2.05, 4.69) is 5.32 Å². The van der Waals surface area contributed by atoms with Crippen LogP contribution in [0.15, 0.2) is 47.1 Å². The van der Waals surface area contributed by atoms with E-state index < -0.39 is 6.04 Å². The molecule has 1 fully saturated rings. The van der Waals surface area contributed by atoms with Crippen LogP contribution in [0.4, 0.5) is 5.69 Å². The van der Waals surface area contributed by atoms with Crippen molar-refractivity contribution >= 4 is 34.8 Å². The highest BCUT2D eigenvalue weighted by Crippen LogP contribution is 2.23. The van der Waals surface area contributed by atoms with Gasteiger partial charge in [-0.25, -0.2) is 0 Å². The minimum atomic E-state index is -0.657. The Morgan fingerprint density at radius 2 is 2.04 bits per heavy atom. The molecule has 1 aromatic heterocycles. The van der Waals surface area contributed by atoms with Crippen LogP contribution in [0, 0.1) is 0 Å². The molecule has 2 heterocycles. The number of hydrogen-bond donors (Lipinski definition) is 1. The van der Waals surface area contributed by atoms with E-state index >= 15 is 0 Å². The number of hydrogen-bond acceptors (Lipinski definition) is 5. The van der Waals surface area contributed by atoms with Crippen molar-refractivity contribution in [1.29, 1.82) is 0 Å². The summed E-state index contributed by atoms with van der Waals surface area (Å²) in [6, 6.07) is 10.0. The van der Waals surface area contributed by atoms with Gasteiger partial charge in [-0.05, 0) is 55.5 Å². The van der Waals surface area contributed by atoms with Gasteiger partial charge in [-0.3, -0.25) is 14.5 Å². The van der Waals surface area contributed by atoms with Gasteiger partial charge in [-0.2, -0.15) is 0 Å². The van der Waals surface area contributed by atoms with Crippen molar-refractivity contribution < 1.29 is 18.7 Å². The molecule has 0 radical (unpaired) electrons. The first-order chi connectivity index (χ1) is 13.0. The first-order valence-electron chi connectivity index (χ1n) is 8.63. The van der Waals surface area contributed by atoms with E-state index in [0.717, 1.165) is 5.75 Å².